The Morgan fingerprint density at radius 3 is 2.19 bits per heavy atom. The summed E-state index contributed by atoms with van der Waals surface area (Å²) < 4.78 is 46.4. The second-order valence-corrected chi connectivity index (χ2v) is 13.4. The zero-order valence-electron chi connectivity index (χ0n) is 31.0. The van der Waals surface area contributed by atoms with Crippen molar-refractivity contribution in [2.24, 2.45) is 0 Å². The number of phenols is 1. The second-order valence-electron chi connectivity index (χ2n) is 13.4. The number of methoxy groups -OCH3 is 1. The van der Waals surface area contributed by atoms with Gasteiger partial charge in [-0.05, 0) is 77.4 Å². The average molecular weight is 744 g/mol. The van der Waals surface area contributed by atoms with Crippen LogP contribution < -0.4 is 19.6 Å². The van der Waals surface area contributed by atoms with E-state index in [-0.39, 0.29) is 35.7 Å². The first-order valence-corrected chi connectivity index (χ1v) is 18.2. The highest BCUT2D eigenvalue weighted by atomic mass is 16.7. The Morgan fingerprint density at radius 2 is 1.55 bits per heavy atom. The monoisotopic (exact) mass is 743 g/mol. The van der Waals surface area contributed by atoms with E-state index in [4.69, 9.17) is 37.6 Å². The third-order valence-corrected chi connectivity index (χ3v) is 9.26. The molecule has 0 saturated carbocycles. The van der Waals surface area contributed by atoms with Crippen molar-refractivity contribution < 1.29 is 58.0 Å². The van der Waals surface area contributed by atoms with Crippen molar-refractivity contribution in [2.45, 2.75) is 70.7 Å². The first kappa shape index (κ1) is 40.5. The van der Waals surface area contributed by atoms with Crippen LogP contribution in [0, 0.1) is 0 Å². The van der Waals surface area contributed by atoms with Crippen LogP contribution in [-0.4, -0.2) is 129 Å². The number of benzene rings is 2. The molecule has 2 fully saturated rings. The fourth-order valence-electron chi connectivity index (χ4n) is 6.21. The van der Waals surface area contributed by atoms with Gasteiger partial charge in [0.2, 0.25) is 17.5 Å². The Kier molecular flexibility index (Phi) is 14.9. The number of aromatic hydroxyl groups is 1. The Balaban J connectivity index is 1.33. The Bertz CT molecular complexity index is 1700. The molecule has 3 aromatic rings. The molecule has 2 aliphatic heterocycles. The van der Waals surface area contributed by atoms with Gasteiger partial charge in [-0.15, -0.1) is 0 Å². The van der Waals surface area contributed by atoms with Gasteiger partial charge in [0.25, 0.3) is 0 Å². The van der Waals surface area contributed by atoms with Gasteiger partial charge in [0.1, 0.15) is 53.1 Å². The molecule has 14 nitrogen and oxygen atoms in total. The molecule has 14 heteroatoms. The van der Waals surface area contributed by atoms with Gasteiger partial charge in [0.05, 0.1) is 52.9 Å². The topological polar surface area (TPSA) is 179 Å². The van der Waals surface area contributed by atoms with E-state index < -0.39 is 41.9 Å². The van der Waals surface area contributed by atoms with Gasteiger partial charge in [-0.3, -0.25) is 4.79 Å². The van der Waals surface area contributed by atoms with E-state index in [2.05, 4.69) is 4.90 Å². The minimum absolute atomic E-state index is 0.0236. The molecule has 0 amide bonds. The molecular formula is C39H53NO13. The standard InChI is InChI=1S/C39H53NO13/c1-24(2)7-12-28-30(50-22-21-49-20-19-48-18-17-47-16-15-40-13-5-6-14-40)23-29(41)31-33(43)38(53-39-35(45)34(44)32(42)25(3)51-39)36(52-37(28)31)26-8-10-27(46-4)11-9-26/h7-11,23,25,32,34-35,39,41-42,44-45H,5-6,12-22H2,1-4H3/t25-,32-,34+,35+,39-/m1/s1. The van der Waals surface area contributed by atoms with Gasteiger partial charge in [0.15, 0.2) is 5.76 Å². The molecule has 2 saturated heterocycles. The van der Waals surface area contributed by atoms with Crippen LogP contribution >= 0.6 is 0 Å². The molecule has 53 heavy (non-hydrogen) atoms. The molecule has 0 radical (unpaired) electrons. The zero-order valence-corrected chi connectivity index (χ0v) is 31.0. The number of hydrogen-bond donors (Lipinski definition) is 4. The van der Waals surface area contributed by atoms with Crippen LogP contribution in [0.4, 0.5) is 0 Å². The maximum absolute atomic E-state index is 14.3. The summed E-state index contributed by atoms with van der Waals surface area (Å²) >= 11 is 0. The molecular weight excluding hydrogens is 690 g/mol. The quantitative estimate of drug-likeness (QED) is 0.104. The minimum atomic E-state index is -1.70. The molecule has 5 rings (SSSR count). The largest absolute Gasteiger partial charge is 0.507 e. The van der Waals surface area contributed by atoms with Gasteiger partial charge in [0, 0.05) is 23.7 Å². The number of ether oxygens (including phenoxy) is 7. The molecule has 2 aromatic carbocycles. The highest BCUT2D eigenvalue weighted by molar-refractivity contribution is 5.91. The predicted octanol–water partition coefficient (Wildman–Crippen LogP) is 3.41. The van der Waals surface area contributed by atoms with Crippen molar-refractivity contribution in [2.75, 3.05) is 73.0 Å². The summed E-state index contributed by atoms with van der Waals surface area (Å²) in [6.45, 7) is 11.5. The van der Waals surface area contributed by atoms with E-state index in [1.54, 1.807) is 24.3 Å². The zero-order chi connectivity index (χ0) is 37.9. The first-order valence-electron chi connectivity index (χ1n) is 18.2. The fourth-order valence-corrected chi connectivity index (χ4v) is 6.21. The van der Waals surface area contributed by atoms with Crippen LogP contribution in [0.3, 0.4) is 0 Å². The lowest BCUT2D eigenvalue weighted by molar-refractivity contribution is -0.268. The molecule has 0 unspecified atom stereocenters. The number of rotatable bonds is 19. The third kappa shape index (κ3) is 10.5. The van der Waals surface area contributed by atoms with Gasteiger partial charge >= 0.3 is 0 Å². The lowest BCUT2D eigenvalue weighted by Gasteiger charge is -2.38. The fraction of sp³-hybridized carbons (Fsp3) is 0.564. The number of nitrogens with zero attached hydrogens (tertiary/aromatic N) is 1. The number of aliphatic hydroxyl groups excluding tert-OH is 3. The van der Waals surface area contributed by atoms with Crippen molar-refractivity contribution in [3.05, 3.63) is 57.8 Å². The van der Waals surface area contributed by atoms with Gasteiger partial charge in [-0.1, -0.05) is 11.6 Å². The highest BCUT2D eigenvalue weighted by Crippen LogP contribution is 2.41. The summed E-state index contributed by atoms with van der Waals surface area (Å²) in [4.78, 5) is 16.7. The Morgan fingerprint density at radius 1 is 0.906 bits per heavy atom. The lowest BCUT2D eigenvalue weighted by Crippen LogP contribution is -2.58. The van der Waals surface area contributed by atoms with Crippen molar-refractivity contribution in [1.82, 2.24) is 4.90 Å². The SMILES string of the molecule is COc1ccc(-c2oc3c(CC=C(C)C)c(OCCOCCOCCOCCN4CCCC4)cc(O)c3c(=O)c2O[C@H]2O[C@H](C)[C@@H](O)[C@H](O)[C@@H]2O)cc1. The van der Waals surface area contributed by atoms with Crippen LogP contribution in [-0.2, 0) is 25.4 Å². The van der Waals surface area contributed by atoms with Gasteiger partial charge in [-0.25, -0.2) is 0 Å². The number of phenolic OH excluding ortho intramolecular Hbond substituents is 1. The number of hydrogen-bond acceptors (Lipinski definition) is 14. The van der Waals surface area contributed by atoms with E-state index in [1.165, 1.54) is 32.9 Å². The molecule has 0 bridgehead atoms. The van der Waals surface area contributed by atoms with Crippen LogP contribution in [0.2, 0.25) is 0 Å². The molecule has 0 spiro atoms. The van der Waals surface area contributed by atoms with E-state index in [9.17, 15) is 25.2 Å². The minimum Gasteiger partial charge on any atom is -0.507 e. The van der Waals surface area contributed by atoms with Crippen molar-refractivity contribution >= 4 is 11.0 Å². The van der Waals surface area contributed by atoms with E-state index in [0.717, 1.165) is 25.2 Å². The smallest absolute Gasteiger partial charge is 0.239 e. The molecule has 1 aromatic heterocycles. The first-order chi connectivity index (χ1) is 25.6. The molecule has 5 atom stereocenters. The lowest BCUT2D eigenvalue weighted by atomic mass is 10.00. The summed E-state index contributed by atoms with van der Waals surface area (Å²) in [5, 5.41) is 42.4. The maximum Gasteiger partial charge on any atom is 0.239 e. The van der Waals surface area contributed by atoms with Crippen LogP contribution in [0.5, 0.6) is 23.0 Å². The molecule has 292 valence electrons. The van der Waals surface area contributed by atoms with Crippen LogP contribution in [0.1, 0.15) is 39.2 Å². The van der Waals surface area contributed by atoms with Crippen LogP contribution in [0.15, 0.2) is 51.2 Å². The average Bonchev–Trinajstić information content (AvgIpc) is 3.67. The number of fused-ring (bicyclic) bond motifs is 1. The Hall–Kier alpha value is -3.73. The van der Waals surface area contributed by atoms with E-state index in [1.807, 2.05) is 19.9 Å². The van der Waals surface area contributed by atoms with Crippen molar-refractivity contribution in [3.63, 3.8) is 0 Å². The molecule has 4 N–H and O–H groups in total. The number of likely N-dealkylation sites (tertiary alicyclic amines) is 1. The Labute approximate surface area is 309 Å². The summed E-state index contributed by atoms with van der Waals surface area (Å²) in [6, 6.07) is 8.02. The molecule has 2 aliphatic rings. The van der Waals surface area contributed by atoms with E-state index in [0.29, 0.717) is 62.1 Å². The van der Waals surface area contributed by atoms with Crippen molar-refractivity contribution in [1.29, 1.82) is 0 Å². The van der Waals surface area contributed by atoms with E-state index >= 15 is 0 Å². The normalized spacial score (nSPS) is 21.9. The number of allylic oxidation sites excluding steroid dienone is 2. The predicted molar refractivity (Wildman–Crippen MR) is 196 cm³/mol. The second kappa shape index (κ2) is 19.6. The van der Waals surface area contributed by atoms with Gasteiger partial charge in [-0.2, -0.15) is 0 Å². The summed E-state index contributed by atoms with van der Waals surface area (Å²) in [5.41, 5.74) is 1.26. The van der Waals surface area contributed by atoms with Gasteiger partial charge < -0.3 is 62.9 Å². The summed E-state index contributed by atoms with van der Waals surface area (Å²) in [7, 11) is 1.52. The van der Waals surface area contributed by atoms with Crippen LogP contribution in [0.25, 0.3) is 22.3 Å². The maximum atomic E-state index is 14.3. The summed E-state index contributed by atoms with van der Waals surface area (Å²) in [6.07, 6.45) is -2.37. The number of aliphatic hydroxyl groups is 3. The molecule has 3 heterocycles. The van der Waals surface area contributed by atoms with Crippen molar-refractivity contribution in [3.8, 4) is 34.3 Å². The highest BCUT2D eigenvalue weighted by Gasteiger charge is 2.44. The summed E-state index contributed by atoms with van der Waals surface area (Å²) in [5.74, 6) is 0.0445. The third-order valence-electron chi connectivity index (χ3n) is 9.26. The molecule has 0 aliphatic carbocycles.